The quantitative estimate of drug-likeness (QED) is 0.332. The van der Waals surface area contributed by atoms with Gasteiger partial charge in [0, 0.05) is 41.1 Å². The lowest BCUT2D eigenvalue weighted by atomic mass is 9.95. The highest BCUT2D eigenvalue weighted by molar-refractivity contribution is 6.47. The van der Waals surface area contributed by atoms with Gasteiger partial charge in [-0.1, -0.05) is 41.4 Å². The Balaban J connectivity index is 1.75. The number of likely N-dealkylation sites (tertiary alicyclic amines) is 1. The number of aryl methyl sites for hydroxylation is 1. The average molecular weight is 456 g/mol. The summed E-state index contributed by atoms with van der Waals surface area (Å²) in [4.78, 5) is 31.4. The van der Waals surface area contributed by atoms with Crippen LogP contribution in [-0.2, 0) is 16.1 Å². The number of Topliss-reactive ketones (excluding diaryl/α,β-unsaturated/α-hetero) is 1. The number of carbonyl (C=O) groups is 2. The monoisotopic (exact) mass is 455 g/mol. The molecule has 1 N–H and O–H groups in total. The van der Waals surface area contributed by atoms with Gasteiger partial charge in [0.05, 0.1) is 17.9 Å². The molecule has 1 saturated heterocycles. The van der Waals surface area contributed by atoms with Gasteiger partial charge in [0.2, 0.25) is 0 Å². The van der Waals surface area contributed by atoms with E-state index in [0.717, 1.165) is 0 Å². The Bertz CT molecular complexity index is 1140. The highest BCUT2D eigenvalue weighted by atomic mass is 35.5. The molecule has 1 amide bonds. The number of carbonyl (C=O) groups excluding carboxylic acids is 2. The van der Waals surface area contributed by atoms with Crippen LogP contribution in [0, 0.1) is 0 Å². The largest absolute Gasteiger partial charge is 0.507 e. The van der Waals surface area contributed by atoms with Crippen molar-refractivity contribution < 1.29 is 14.7 Å². The Kier molecular flexibility index (Phi) is 6.11. The van der Waals surface area contributed by atoms with Crippen LogP contribution in [0.4, 0.5) is 0 Å². The fourth-order valence-electron chi connectivity index (χ4n) is 3.74. The zero-order valence-electron chi connectivity index (χ0n) is 16.4. The third-order valence-electron chi connectivity index (χ3n) is 5.23. The fraction of sp³-hybridized carbons (Fsp3) is 0.174. The summed E-state index contributed by atoms with van der Waals surface area (Å²) in [6, 6.07) is 12.7. The average Bonchev–Trinajstić information content (AvgIpc) is 3.36. The molecule has 2 heterocycles. The minimum absolute atomic E-state index is 0.0167. The number of hydrogen-bond acceptors (Lipinski definition) is 4. The molecule has 3 aromatic rings. The van der Waals surface area contributed by atoms with E-state index in [-0.39, 0.29) is 11.3 Å². The zero-order chi connectivity index (χ0) is 22.0. The van der Waals surface area contributed by atoms with E-state index < -0.39 is 17.7 Å². The maximum Gasteiger partial charge on any atom is 0.295 e. The van der Waals surface area contributed by atoms with E-state index >= 15 is 0 Å². The molecule has 2 aromatic carbocycles. The van der Waals surface area contributed by atoms with Crippen LogP contribution in [0.15, 0.2) is 72.8 Å². The van der Waals surface area contributed by atoms with E-state index in [1.165, 1.54) is 4.90 Å². The maximum atomic E-state index is 13.0. The predicted molar refractivity (Wildman–Crippen MR) is 119 cm³/mol. The highest BCUT2D eigenvalue weighted by Crippen LogP contribution is 2.41. The zero-order valence-corrected chi connectivity index (χ0v) is 17.9. The van der Waals surface area contributed by atoms with Gasteiger partial charge in [-0.2, -0.15) is 0 Å². The van der Waals surface area contributed by atoms with Gasteiger partial charge < -0.3 is 14.6 Å². The molecule has 4 rings (SSSR count). The number of aromatic nitrogens is 2. The van der Waals surface area contributed by atoms with Gasteiger partial charge in [0.15, 0.2) is 0 Å². The number of imidazole rings is 1. The number of hydrogen-bond donors (Lipinski definition) is 1. The molecule has 0 bridgehead atoms. The summed E-state index contributed by atoms with van der Waals surface area (Å²) < 4.78 is 1.90. The summed E-state index contributed by atoms with van der Waals surface area (Å²) in [5, 5.41) is 11.9. The van der Waals surface area contributed by atoms with Crippen LogP contribution in [0.2, 0.25) is 10.0 Å². The molecule has 0 radical (unpaired) electrons. The SMILES string of the molecule is O=C1C(=O)N(CCCn2ccnc2)[C@H](c2ccccc2Cl)C1=C(O)c1ccc(Cl)cc1. The Hall–Kier alpha value is -3.09. The molecule has 1 aliphatic rings. The highest BCUT2D eigenvalue weighted by Gasteiger charge is 2.46. The summed E-state index contributed by atoms with van der Waals surface area (Å²) in [6.45, 7) is 0.950. The first-order valence-electron chi connectivity index (χ1n) is 9.72. The van der Waals surface area contributed by atoms with Gasteiger partial charge in [-0.25, -0.2) is 4.98 Å². The topological polar surface area (TPSA) is 75.4 Å². The maximum absolute atomic E-state index is 13.0. The van der Waals surface area contributed by atoms with E-state index in [1.807, 2.05) is 10.8 Å². The van der Waals surface area contributed by atoms with Gasteiger partial charge in [0.1, 0.15) is 5.76 Å². The lowest BCUT2D eigenvalue weighted by Gasteiger charge is -2.26. The third kappa shape index (κ3) is 4.22. The van der Waals surface area contributed by atoms with Crippen molar-refractivity contribution in [2.24, 2.45) is 0 Å². The summed E-state index contributed by atoms with van der Waals surface area (Å²) >= 11 is 12.4. The van der Waals surface area contributed by atoms with Gasteiger partial charge >= 0.3 is 0 Å². The number of benzene rings is 2. The first-order valence-corrected chi connectivity index (χ1v) is 10.5. The molecule has 0 aliphatic carbocycles. The summed E-state index contributed by atoms with van der Waals surface area (Å²) in [5.41, 5.74) is 1.00. The summed E-state index contributed by atoms with van der Waals surface area (Å²) in [7, 11) is 0. The van der Waals surface area contributed by atoms with E-state index in [9.17, 15) is 14.7 Å². The molecule has 158 valence electrons. The van der Waals surface area contributed by atoms with Crippen LogP contribution in [-0.4, -0.2) is 37.8 Å². The Labute approximate surface area is 189 Å². The molecule has 6 nitrogen and oxygen atoms in total. The van der Waals surface area contributed by atoms with Crippen LogP contribution in [0.25, 0.3) is 5.76 Å². The lowest BCUT2D eigenvalue weighted by Crippen LogP contribution is -2.31. The molecule has 1 aliphatic heterocycles. The normalized spacial score (nSPS) is 18.0. The first-order chi connectivity index (χ1) is 15.0. The summed E-state index contributed by atoms with van der Waals surface area (Å²) in [5.74, 6) is -1.65. The van der Waals surface area contributed by atoms with Gasteiger partial charge in [-0.15, -0.1) is 0 Å². The van der Waals surface area contributed by atoms with Crippen LogP contribution < -0.4 is 0 Å². The van der Waals surface area contributed by atoms with Crippen molar-refractivity contribution in [3.8, 4) is 0 Å². The number of halogens is 2. The minimum atomic E-state index is -0.785. The second-order valence-electron chi connectivity index (χ2n) is 7.17. The number of nitrogens with zero attached hydrogens (tertiary/aromatic N) is 3. The van der Waals surface area contributed by atoms with Gasteiger partial charge in [-0.3, -0.25) is 9.59 Å². The molecule has 1 aromatic heterocycles. The Morgan fingerprint density at radius 1 is 1.03 bits per heavy atom. The Morgan fingerprint density at radius 3 is 2.45 bits per heavy atom. The van der Waals surface area contributed by atoms with E-state index in [1.54, 1.807) is 61.1 Å². The molecule has 0 saturated carbocycles. The van der Waals surface area contributed by atoms with Crippen molar-refractivity contribution >= 4 is 40.7 Å². The molecule has 8 heteroatoms. The molecular formula is C23H19Cl2N3O3. The lowest BCUT2D eigenvalue weighted by molar-refractivity contribution is -0.139. The van der Waals surface area contributed by atoms with Crippen molar-refractivity contribution in [1.29, 1.82) is 0 Å². The fourth-order valence-corrected chi connectivity index (χ4v) is 4.10. The Morgan fingerprint density at radius 2 is 1.77 bits per heavy atom. The number of ketones is 1. The smallest absolute Gasteiger partial charge is 0.295 e. The van der Waals surface area contributed by atoms with Crippen molar-refractivity contribution in [2.45, 2.75) is 19.0 Å². The molecule has 1 atom stereocenters. The van der Waals surface area contributed by atoms with E-state index in [4.69, 9.17) is 23.2 Å². The van der Waals surface area contributed by atoms with Crippen molar-refractivity contribution in [1.82, 2.24) is 14.5 Å². The van der Waals surface area contributed by atoms with Crippen LogP contribution in [0.3, 0.4) is 0 Å². The van der Waals surface area contributed by atoms with Crippen molar-refractivity contribution in [2.75, 3.05) is 6.54 Å². The summed E-state index contributed by atoms with van der Waals surface area (Å²) in [6.07, 6.45) is 5.81. The number of amides is 1. The van der Waals surface area contributed by atoms with Crippen LogP contribution >= 0.6 is 23.2 Å². The molecule has 31 heavy (non-hydrogen) atoms. The van der Waals surface area contributed by atoms with E-state index in [0.29, 0.717) is 40.7 Å². The number of rotatable bonds is 6. The number of aliphatic hydroxyl groups excluding tert-OH is 1. The van der Waals surface area contributed by atoms with Crippen molar-refractivity contribution in [3.63, 3.8) is 0 Å². The third-order valence-corrected chi connectivity index (χ3v) is 5.83. The van der Waals surface area contributed by atoms with Gasteiger partial charge in [0.25, 0.3) is 11.7 Å². The number of aliphatic hydroxyl groups is 1. The molecule has 0 unspecified atom stereocenters. The van der Waals surface area contributed by atoms with Crippen molar-refractivity contribution in [3.05, 3.63) is 94.0 Å². The van der Waals surface area contributed by atoms with Crippen LogP contribution in [0.1, 0.15) is 23.6 Å². The predicted octanol–water partition coefficient (Wildman–Crippen LogP) is 4.70. The molecule has 1 fully saturated rings. The van der Waals surface area contributed by atoms with Gasteiger partial charge in [-0.05, 0) is 42.3 Å². The minimum Gasteiger partial charge on any atom is -0.507 e. The first kappa shape index (κ1) is 21.2. The second kappa shape index (κ2) is 8.96. The van der Waals surface area contributed by atoms with E-state index in [2.05, 4.69) is 4.98 Å². The molecule has 0 spiro atoms. The standard InChI is InChI=1S/C23H19Cl2N3O3/c24-16-8-6-15(7-9-16)21(29)19-20(17-4-1-2-5-18(17)25)28(23(31)22(19)30)12-3-11-27-13-10-26-14-27/h1-2,4-10,13-14,20,29H,3,11-12H2/t20-/m1/s1. The molecular weight excluding hydrogens is 437 g/mol. The van der Waals surface area contributed by atoms with Crippen LogP contribution in [0.5, 0.6) is 0 Å². The second-order valence-corrected chi connectivity index (χ2v) is 8.02.